The molecule has 2 aromatic rings. The SMILES string of the molecule is O=C(C[NH+]1CC=C(c2ccccc2)CC1)NC(=O)NCc1cccs1. The molecule has 0 aliphatic carbocycles. The maximum absolute atomic E-state index is 12.0. The molecule has 3 rings (SSSR count). The molecule has 1 atom stereocenters. The van der Waals surface area contributed by atoms with Gasteiger partial charge in [0.15, 0.2) is 6.54 Å². The van der Waals surface area contributed by atoms with Crippen molar-refractivity contribution in [2.45, 2.75) is 13.0 Å². The van der Waals surface area contributed by atoms with E-state index in [1.165, 1.54) is 16.0 Å². The Balaban J connectivity index is 1.41. The first-order valence-electron chi connectivity index (χ1n) is 8.39. The average Bonchev–Trinajstić information content (AvgIpc) is 3.15. The van der Waals surface area contributed by atoms with Gasteiger partial charge in [-0.3, -0.25) is 10.1 Å². The van der Waals surface area contributed by atoms with E-state index >= 15 is 0 Å². The van der Waals surface area contributed by atoms with Crippen LogP contribution in [0.5, 0.6) is 0 Å². The fourth-order valence-corrected chi connectivity index (χ4v) is 3.53. The van der Waals surface area contributed by atoms with E-state index in [0.717, 1.165) is 24.4 Å². The topological polar surface area (TPSA) is 62.6 Å². The van der Waals surface area contributed by atoms with Gasteiger partial charge >= 0.3 is 6.03 Å². The molecule has 3 amide bonds. The molecule has 1 aromatic heterocycles. The number of nitrogens with one attached hydrogen (secondary N) is 3. The van der Waals surface area contributed by atoms with Crippen molar-refractivity contribution in [1.29, 1.82) is 0 Å². The Morgan fingerprint density at radius 2 is 1.96 bits per heavy atom. The van der Waals surface area contributed by atoms with Crippen LogP contribution in [-0.4, -0.2) is 31.6 Å². The number of amides is 3. The fourth-order valence-electron chi connectivity index (χ4n) is 2.88. The molecule has 0 bridgehead atoms. The largest absolute Gasteiger partial charge is 0.333 e. The molecule has 6 heteroatoms. The summed E-state index contributed by atoms with van der Waals surface area (Å²) in [6.45, 7) is 2.45. The van der Waals surface area contributed by atoms with E-state index in [9.17, 15) is 9.59 Å². The van der Waals surface area contributed by atoms with Crippen molar-refractivity contribution >= 4 is 28.8 Å². The van der Waals surface area contributed by atoms with Gasteiger partial charge in [0.05, 0.1) is 19.6 Å². The Morgan fingerprint density at radius 3 is 2.64 bits per heavy atom. The number of benzene rings is 1. The third-order valence-electron chi connectivity index (χ3n) is 4.20. The van der Waals surface area contributed by atoms with E-state index in [-0.39, 0.29) is 5.91 Å². The lowest BCUT2D eigenvalue weighted by molar-refractivity contribution is -0.886. The minimum absolute atomic E-state index is 0.241. The minimum Gasteiger partial charge on any atom is -0.333 e. The van der Waals surface area contributed by atoms with Crippen LogP contribution in [0.2, 0.25) is 0 Å². The summed E-state index contributed by atoms with van der Waals surface area (Å²) in [4.78, 5) is 26.0. The van der Waals surface area contributed by atoms with Crippen LogP contribution in [-0.2, 0) is 11.3 Å². The second kappa shape index (κ2) is 8.60. The lowest BCUT2D eigenvalue weighted by Gasteiger charge is -2.23. The van der Waals surface area contributed by atoms with E-state index in [2.05, 4.69) is 28.8 Å². The highest BCUT2D eigenvalue weighted by atomic mass is 32.1. The predicted octanol–water partition coefficient (Wildman–Crippen LogP) is 1.45. The van der Waals surface area contributed by atoms with E-state index in [1.807, 2.05) is 35.7 Å². The molecule has 0 saturated heterocycles. The van der Waals surface area contributed by atoms with Crippen molar-refractivity contribution in [3.63, 3.8) is 0 Å². The van der Waals surface area contributed by atoms with E-state index in [1.54, 1.807) is 11.3 Å². The third-order valence-corrected chi connectivity index (χ3v) is 5.07. The highest BCUT2D eigenvalue weighted by Crippen LogP contribution is 2.17. The number of quaternary nitrogens is 1. The predicted molar refractivity (Wildman–Crippen MR) is 99.3 cm³/mol. The van der Waals surface area contributed by atoms with Gasteiger partial charge in [-0.1, -0.05) is 36.4 Å². The molecule has 1 unspecified atom stereocenters. The molecule has 5 nitrogen and oxygen atoms in total. The molecule has 0 spiro atoms. The first-order chi connectivity index (χ1) is 12.2. The van der Waals surface area contributed by atoms with Crippen molar-refractivity contribution in [3.8, 4) is 0 Å². The fraction of sp³-hybridized carbons (Fsp3) is 0.263. The number of hydrogen-bond acceptors (Lipinski definition) is 3. The van der Waals surface area contributed by atoms with Crippen LogP contribution < -0.4 is 15.5 Å². The second-order valence-electron chi connectivity index (χ2n) is 6.04. The van der Waals surface area contributed by atoms with Gasteiger partial charge in [0.2, 0.25) is 0 Å². The van der Waals surface area contributed by atoms with Crippen LogP contribution in [0.15, 0.2) is 53.9 Å². The standard InChI is InChI=1S/C19H21N3O2S/c23-18(21-19(24)20-13-17-7-4-12-25-17)14-22-10-8-16(9-11-22)15-5-2-1-3-6-15/h1-8,12H,9-11,13-14H2,(H2,20,21,23,24)/p+1. The van der Waals surface area contributed by atoms with Crippen molar-refractivity contribution in [2.75, 3.05) is 19.6 Å². The first kappa shape index (κ1) is 17.4. The summed E-state index contributed by atoms with van der Waals surface area (Å²) in [5.74, 6) is -0.241. The number of hydrogen-bond donors (Lipinski definition) is 3. The minimum atomic E-state index is -0.435. The van der Waals surface area contributed by atoms with Crippen LogP contribution in [0.3, 0.4) is 0 Å². The highest BCUT2D eigenvalue weighted by Gasteiger charge is 2.19. The summed E-state index contributed by atoms with van der Waals surface area (Å²) in [6.07, 6.45) is 3.13. The van der Waals surface area contributed by atoms with Crippen LogP contribution in [0, 0.1) is 0 Å². The van der Waals surface area contributed by atoms with Gasteiger partial charge in [-0.2, -0.15) is 0 Å². The summed E-state index contributed by atoms with van der Waals surface area (Å²) < 4.78 is 0. The zero-order valence-electron chi connectivity index (χ0n) is 14.0. The Labute approximate surface area is 151 Å². The molecule has 1 aliphatic rings. The molecular weight excluding hydrogens is 334 g/mol. The molecule has 3 N–H and O–H groups in total. The average molecular weight is 356 g/mol. The van der Waals surface area contributed by atoms with Crippen molar-refractivity contribution in [2.24, 2.45) is 0 Å². The van der Waals surface area contributed by atoms with Gasteiger partial charge in [0, 0.05) is 11.3 Å². The quantitative estimate of drug-likeness (QED) is 0.759. The summed E-state index contributed by atoms with van der Waals surface area (Å²) in [7, 11) is 0. The monoisotopic (exact) mass is 356 g/mol. The van der Waals surface area contributed by atoms with Gasteiger partial charge in [-0.15, -0.1) is 11.3 Å². The molecule has 2 heterocycles. The number of carbonyl (C=O) groups excluding carboxylic acids is 2. The number of thiophene rings is 1. The van der Waals surface area contributed by atoms with Crippen LogP contribution in [0.25, 0.3) is 5.57 Å². The molecule has 130 valence electrons. The van der Waals surface area contributed by atoms with Gasteiger partial charge in [0.1, 0.15) is 0 Å². The summed E-state index contributed by atoms with van der Waals surface area (Å²) in [6, 6.07) is 13.8. The summed E-state index contributed by atoms with van der Waals surface area (Å²) >= 11 is 1.57. The Hall–Kier alpha value is -2.44. The summed E-state index contributed by atoms with van der Waals surface area (Å²) in [5, 5.41) is 7.06. The van der Waals surface area contributed by atoms with Crippen molar-refractivity contribution in [3.05, 3.63) is 64.4 Å². The molecule has 1 aromatic carbocycles. The number of rotatable bonds is 5. The van der Waals surface area contributed by atoms with Gasteiger partial charge in [-0.05, 0) is 28.7 Å². The maximum atomic E-state index is 12.0. The van der Waals surface area contributed by atoms with Crippen LogP contribution in [0.1, 0.15) is 16.9 Å². The maximum Gasteiger partial charge on any atom is 0.321 e. The van der Waals surface area contributed by atoms with Gasteiger partial charge in [-0.25, -0.2) is 4.79 Å². The Morgan fingerprint density at radius 1 is 1.12 bits per heavy atom. The number of imide groups is 1. The van der Waals surface area contributed by atoms with E-state index < -0.39 is 6.03 Å². The third kappa shape index (κ3) is 5.27. The highest BCUT2D eigenvalue weighted by molar-refractivity contribution is 7.09. The lowest BCUT2D eigenvalue weighted by atomic mass is 10.00. The Kier molecular flexibility index (Phi) is 5.98. The molecule has 0 fully saturated rings. The van der Waals surface area contributed by atoms with Crippen LogP contribution in [0.4, 0.5) is 4.79 Å². The van der Waals surface area contributed by atoms with Crippen molar-refractivity contribution in [1.82, 2.24) is 10.6 Å². The second-order valence-corrected chi connectivity index (χ2v) is 7.07. The van der Waals surface area contributed by atoms with Crippen LogP contribution >= 0.6 is 11.3 Å². The first-order valence-corrected chi connectivity index (χ1v) is 9.27. The molecule has 25 heavy (non-hydrogen) atoms. The molecule has 0 radical (unpaired) electrons. The molecule has 0 saturated carbocycles. The number of carbonyl (C=O) groups is 2. The van der Waals surface area contributed by atoms with Crippen molar-refractivity contribution < 1.29 is 14.5 Å². The van der Waals surface area contributed by atoms with Gasteiger partial charge < -0.3 is 10.2 Å². The lowest BCUT2D eigenvalue weighted by Crippen LogP contribution is -3.13. The Bertz CT molecular complexity index is 741. The molecular formula is C19H22N3O2S+. The van der Waals surface area contributed by atoms with E-state index in [0.29, 0.717) is 13.1 Å². The number of urea groups is 1. The zero-order chi connectivity index (χ0) is 17.5. The zero-order valence-corrected chi connectivity index (χ0v) is 14.8. The summed E-state index contributed by atoms with van der Waals surface area (Å²) in [5.41, 5.74) is 2.58. The normalized spacial score (nSPS) is 16.8. The smallest absolute Gasteiger partial charge is 0.321 e. The van der Waals surface area contributed by atoms with E-state index in [4.69, 9.17) is 0 Å². The molecule has 1 aliphatic heterocycles. The van der Waals surface area contributed by atoms with Gasteiger partial charge in [0.25, 0.3) is 5.91 Å².